The molecule has 1 rings (SSSR count). The van der Waals surface area contributed by atoms with Crippen LogP contribution in [0.2, 0.25) is 0 Å². The number of hydrogen-bond acceptors (Lipinski definition) is 4. The molecule has 0 saturated carbocycles. The van der Waals surface area contributed by atoms with Gasteiger partial charge in [-0.25, -0.2) is 22.2 Å². The maximum absolute atomic E-state index is 12.6. The standard InChI is InChI=1S/C7H5ClF2INO3S/c1-15-7-3(11)2-4(16(8,13)14)5(12-7)6(9)10/h2,6H,1H3. The van der Waals surface area contributed by atoms with E-state index in [1.807, 2.05) is 0 Å². The quantitative estimate of drug-likeness (QED) is 0.595. The van der Waals surface area contributed by atoms with E-state index in [-0.39, 0.29) is 9.45 Å². The Morgan fingerprint density at radius 2 is 2.12 bits per heavy atom. The zero-order valence-corrected chi connectivity index (χ0v) is 11.5. The molecular formula is C7H5ClF2INO3S. The van der Waals surface area contributed by atoms with Crippen molar-refractivity contribution in [3.05, 3.63) is 15.3 Å². The SMILES string of the molecule is COc1nc(C(F)F)c(S(=O)(=O)Cl)cc1I. The summed E-state index contributed by atoms with van der Waals surface area (Å²) in [5, 5.41) is 0. The van der Waals surface area contributed by atoms with Gasteiger partial charge < -0.3 is 4.74 Å². The summed E-state index contributed by atoms with van der Waals surface area (Å²) in [6.45, 7) is 0. The minimum Gasteiger partial charge on any atom is -0.480 e. The van der Waals surface area contributed by atoms with Crippen molar-refractivity contribution in [3.8, 4) is 5.88 Å². The lowest BCUT2D eigenvalue weighted by atomic mass is 10.3. The van der Waals surface area contributed by atoms with Crippen molar-refractivity contribution in [2.24, 2.45) is 0 Å². The van der Waals surface area contributed by atoms with E-state index in [1.54, 1.807) is 22.6 Å². The molecule has 0 aliphatic heterocycles. The highest BCUT2D eigenvalue weighted by atomic mass is 127. The van der Waals surface area contributed by atoms with E-state index < -0.39 is 26.1 Å². The van der Waals surface area contributed by atoms with E-state index >= 15 is 0 Å². The molecule has 0 aliphatic carbocycles. The molecule has 90 valence electrons. The average molecular weight is 384 g/mol. The van der Waals surface area contributed by atoms with Gasteiger partial charge in [0.1, 0.15) is 10.6 Å². The number of pyridine rings is 1. The minimum absolute atomic E-state index is 0.0695. The molecule has 9 heteroatoms. The molecule has 1 aromatic heterocycles. The topological polar surface area (TPSA) is 56.3 Å². The fourth-order valence-corrected chi connectivity index (χ4v) is 2.84. The molecule has 0 amide bonds. The second-order valence-corrected chi connectivity index (χ2v) is 6.30. The van der Waals surface area contributed by atoms with Gasteiger partial charge in [-0.1, -0.05) is 0 Å². The molecule has 1 heterocycles. The summed E-state index contributed by atoms with van der Waals surface area (Å²) in [5.41, 5.74) is -0.910. The molecule has 0 spiro atoms. The summed E-state index contributed by atoms with van der Waals surface area (Å²) in [4.78, 5) is 2.71. The fraction of sp³-hybridized carbons (Fsp3) is 0.286. The Morgan fingerprint density at radius 3 is 2.50 bits per heavy atom. The van der Waals surface area contributed by atoms with Gasteiger partial charge in [0.25, 0.3) is 15.5 Å². The Balaban J connectivity index is 3.55. The van der Waals surface area contributed by atoms with Gasteiger partial charge >= 0.3 is 0 Å². The van der Waals surface area contributed by atoms with Gasteiger partial charge in [-0.3, -0.25) is 0 Å². The lowest BCUT2D eigenvalue weighted by molar-refractivity contribution is 0.141. The number of ether oxygens (including phenoxy) is 1. The Hall–Kier alpha value is -0.220. The molecule has 0 N–H and O–H groups in total. The number of rotatable bonds is 3. The van der Waals surface area contributed by atoms with Crippen LogP contribution in [0.1, 0.15) is 12.1 Å². The van der Waals surface area contributed by atoms with Gasteiger partial charge in [-0.05, 0) is 28.7 Å². The van der Waals surface area contributed by atoms with Gasteiger partial charge in [0, 0.05) is 10.7 Å². The fourth-order valence-electron chi connectivity index (χ4n) is 0.963. The third-order valence-corrected chi connectivity index (χ3v) is 3.72. The molecule has 0 bridgehead atoms. The van der Waals surface area contributed by atoms with Crippen LogP contribution in [-0.4, -0.2) is 20.5 Å². The third-order valence-electron chi connectivity index (χ3n) is 1.60. The van der Waals surface area contributed by atoms with Crippen molar-refractivity contribution >= 4 is 42.3 Å². The Labute approximate surface area is 109 Å². The number of nitrogens with zero attached hydrogens (tertiary/aromatic N) is 1. The van der Waals surface area contributed by atoms with E-state index in [0.29, 0.717) is 0 Å². The van der Waals surface area contributed by atoms with Crippen LogP contribution in [0.15, 0.2) is 11.0 Å². The summed E-state index contributed by atoms with van der Waals surface area (Å²) in [5.74, 6) is -0.0695. The molecule has 4 nitrogen and oxygen atoms in total. The van der Waals surface area contributed by atoms with Crippen LogP contribution in [0, 0.1) is 3.57 Å². The highest BCUT2D eigenvalue weighted by molar-refractivity contribution is 14.1. The van der Waals surface area contributed by atoms with E-state index in [9.17, 15) is 17.2 Å². The van der Waals surface area contributed by atoms with E-state index in [4.69, 9.17) is 15.4 Å². The molecule has 1 aromatic rings. The van der Waals surface area contributed by atoms with E-state index in [2.05, 4.69) is 4.98 Å². The lowest BCUT2D eigenvalue weighted by Gasteiger charge is -2.08. The maximum atomic E-state index is 12.6. The van der Waals surface area contributed by atoms with Gasteiger partial charge in [0.15, 0.2) is 0 Å². The van der Waals surface area contributed by atoms with Crippen molar-refractivity contribution in [1.29, 1.82) is 0 Å². The Kier molecular flexibility index (Phi) is 4.29. The largest absolute Gasteiger partial charge is 0.480 e. The summed E-state index contributed by atoms with van der Waals surface area (Å²) >= 11 is 1.71. The summed E-state index contributed by atoms with van der Waals surface area (Å²) in [7, 11) is 2.02. The summed E-state index contributed by atoms with van der Waals surface area (Å²) < 4.78 is 52.2. The molecule has 0 aliphatic rings. The van der Waals surface area contributed by atoms with Gasteiger partial charge in [0.2, 0.25) is 5.88 Å². The maximum Gasteiger partial charge on any atom is 0.281 e. The zero-order chi connectivity index (χ0) is 12.5. The first-order valence-electron chi connectivity index (χ1n) is 3.74. The first kappa shape index (κ1) is 13.8. The molecule has 0 atom stereocenters. The first-order chi connectivity index (χ1) is 7.27. The molecule has 0 aromatic carbocycles. The van der Waals surface area contributed by atoms with Crippen molar-refractivity contribution in [2.45, 2.75) is 11.3 Å². The first-order valence-corrected chi connectivity index (χ1v) is 7.13. The molecule has 0 radical (unpaired) electrons. The molecule has 16 heavy (non-hydrogen) atoms. The van der Waals surface area contributed by atoms with Crippen LogP contribution in [-0.2, 0) is 9.05 Å². The van der Waals surface area contributed by atoms with Crippen LogP contribution in [0.3, 0.4) is 0 Å². The molecule has 0 unspecified atom stereocenters. The number of hydrogen-bond donors (Lipinski definition) is 0. The predicted molar refractivity (Wildman–Crippen MR) is 61.5 cm³/mol. The second-order valence-electron chi connectivity index (χ2n) is 2.60. The van der Waals surface area contributed by atoms with E-state index in [0.717, 1.165) is 6.07 Å². The Bertz CT molecular complexity index is 509. The monoisotopic (exact) mass is 383 g/mol. The third kappa shape index (κ3) is 2.92. The Morgan fingerprint density at radius 1 is 1.56 bits per heavy atom. The number of halogens is 4. The van der Waals surface area contributed by atoms with Crippen molar-refractivity contribution < 1.29 is 21.9 Å². The molecular weight excluding hydrogens is 379 g/mol. The van der Waals surface area contributed by atoms with Gasteiger partial charge in [-0.2, -0.15) is 0 Å². The predicted octanol–water partition coefficient (Wildman–Crippen LogP) is 2.56. The molecule has 0 fully saturated rings. The van der Waals surface area contributed by atoms with Crippen molar-refractivity contribution in [1.82, 2.24) is 4.98 Å². The van der Waals surface area contributed by atoms with Crippen LogP contribution < -0.4 is 4.74 Å². The van der Waals surface area contributed by atoms with Crippen molar-refractivity contribution in [2.75, 3.05) is 7.11 Å². The second kappa shape index (κ2) is 4.96. The average Bonchev–Trinajstić information content (AvgIpc) is 2.15. The van der Waals surface area contributed by atoms with Crippen LogP contribution in [0.5, 0.6) is 5.88 Å². The number of aromatic nitrogens is 1. The number of methoxy groups -OCH3 is 1. The van der Waals surface area contributed by atoms with Gasteiger partial charge in [0.05, 0.1) is 10.7 Å². The smallest absolute Gasteiger partial charge is 0.281 e. The van der Waals surface area contributed by atoms with Crippen molar-refractivity contribution in [3.63, 3.8) is 0 Å². The van der Waals surface area contributed by atoms with Crippen LogP contribution in [0.25, 0.3) is 0 Å². The summed E-state index contributed by atoms with van der Waals surface area (Å²) in [6.07, 6.45) is -3.05. The van der Waals surface area contributed by atoms with Crippen LogP contribution in [0.4, 0.5) is 8.78 Å². The number of alkyl halides is 2. The summed E-state index contributed by atoms with van der Waals surface area (Å²) in [6, 6.07) is 0.996. The van der Waals surface area contributed by atoms with Crippen LogP contribution >= 0.6 is 33.3 Å². The van der Waals surface area contributed by atoms with Gasteiger partial charge in [-0.15, -0.1) is 0 Å². The molecule has 0 saturated heterocycles. The minimum atomic E-state index is -4.26. The zero-order valence-electron chi connectivity index (χ0n) is 7.75. The highest BCUT2D eigenvalue weighted by Gasteiger charge is 2.25. The van der Waals surface area contributed by atoms with E-state index in [1.165, 1.54) is 7.11 Å². The lowest BCUT2D eigenvalue weighted by Crippen LogP contribution is -2.05. The normalized spacial score (nSPS) is 11.9. The highest BCUT2D eigenvalue weighted by Crippen LogP contribution is 2.32.